The predicted octanol–water partition coefficient (Wildman–Crippen LogP) is 3.80. The Balaban J connectivity index is 1.69. The largest absolute Gasteiger partial charge is 0.455 e. The molecule has 0 aromatic carbocycles. The minimum atomic E-state index is -0.0774. The Morgan fingerprint density at radius 1 is 1.21 bits per heavy atom. The van der Waals surface area contributed by atoms with E-state index >= 15 is 0 Å². The molecule has 1 fully saturated rings. The average Bonchev–Trinajstić information content (AvgIpc) is 3.22. The molecular formula is C21H30N4O3S. The Kier molecular flexibility index (Phi) is 7.55. The van der Waals surface area contributed by atoms with Crippen LogP contribution in [0.5, 0.6) is 0 Å². The fourth-order valence-electron chi connectivity index (χ4n) is 3.13. The van der Waals surface area contributed by atoms with E-state index in [-0.39, 0.29) is 5.91 Å². The number of amides is 1. The van der Waals surface area contributed by atoms with Gasteiger partial charge in [0.15, 0.2) is 10.9 Å². The molecule has 1 aliphatic rings. The molecular weight excluding hydrogens is 388 g/mol. The lowest BCUT2D eigenvalue weighted by Crippen LogP contribution is -2.40. The molecule has 0 aliphatic carbocycles. The lowest BCUT2D eigenvalue weighted by atomic mass is 10.1. The highest BCUT2D eigenvalue weighted by Gasteiger charge is 2.21. The molecule has 0 spiro atoms. The Hall–Kier alpha value is -2.06. The quantitative estimate of drug-likeness (QED) is 0.477. The molecule has 158 valence electrons. The number of furan rings is 1. The van der Waals surface area contributed by atoms with Crippen LogP contribution in [0, 0.1) is 0 Å². The zero-order valence-electron chi connectivity index (χ0n) is 17.7. The first kappa shape index (κ1) is 21.6. The average molecular weight is 419 g/mol. The summed E-state index contributed by atoms with van der Waals surface area (Å²) in [4.78, 5) is 26.0. The number of carbonyl (C=O) groups excluding carboxylic acids is 1. The molecule has 1 amide bonds. The van der Waals surface area contributed by atoms with Crippen molar-refractivity contribution in [3.05, 3.63) is 35.4 Å². The summed E-state index contributed by atoms with van der Waals surface area (Å²) in [5.74, 6) is 2.91. The van der Waals surface area contributed by atoms with Crippen LogP contribution >= 0.6 is 11.8 Å². The summed E-state index contributed by atoms with van der Waals surface area (Å²) in [5.41, 5.74) is 1.03. The number of hydrogen-bond acceptors (Lipinski definition) is 7. The number of thioether (sulfide) groups is 1. The summed E-state index contributed by atoms with van der Waals surface area (Å²) in [6, 6.07) is 5.69. The number of aromatic nitrogens is 2. The SMILES string of the molecule is CCN(CC)c1cc(C(C)C)nc(SCc2ccc(C(=O)N3CCOCC3)o2)n1. The van der Waals surface area contributed by atoms with E-state index in [2.05, 4.69) is 38.7 Å². The fourth-order valence-corrected chi connectivity index (χ4v) is 3.88. The van der Waals surface area contributed by atoms with E-state index in [1.165, 1.54) is 11.8 Å². The van der Waals surface area contributed by atoms with Gasteiger partial charge in [-0.25, -0.2) is 9.97 Å². The van der Waals surface area contributed by atoms with Gasteiger partial charge in [-0.3, -0.25) is 4.79 Å². The van der Waals surface area contributed by atoms with Gasteiger partial charge < -0.3 is 19.0 Å². The van der Waals surface area contributed by atoms with Gasteiger partial charge in [0, 0.05) is 37.9 Å². The van der Waals surface area contributed by atoms with E-state index in [0.29, 0.717) is 43.7 Å². The third-order valence-electron chi connectivity index (χ3n) is 4.91. The second kappa shape index (κ2) is 10.1. The summed E-state index contributed by atoms with van der Waals surface area (Å²) < 4.78 is 11.1. The number of hydrogen-bond donors (Lipinski definition) is 0. The monoisotopic (exact) mass is 418 g/mol. The van der Waals surface area contributed by atoms with Gasteiger partial charge in [0.05, 0.1) is 19.0 Å². The predicted molar refractivity (Wildman–Crippen MR) is 115 cm³/mol. The van der Waals surface area contributed by atoms with E-state index in [4.69, 9.17) is 19.1 Å². The lowest BCUT2D eigenvalue weighted by molar-refractivity contribution is 0.0282. The van der Waals surface area contributed by atoms with Crippen LogP contribution in [0.15, 0.2) is 27.8 Å². The van der Waals surface area contributed by atoms with Gasteiger partial charge in [0.1, 0.15) is 11.6 Å². The van der Waals surface area contributed by atoms with Crippen LogP contribution in [0.4, 0.5) is 5.82 Å². The maximum atomic E-state index is 12.5. The molecule has 2 aromatic rings. The molecule has 3 heterocycles. The van der Waals surface area contributed by atoms with Crippen molar-refractivity contribution < 1.29 is 13.9 Å². The van der Waals surface area contributed by atoms with Gasteiger partial charge in [0.2, 0.25) is 0 Å². The summed E-state index contributed by atoms with van der Waals surface area (Å²) in [5, 5.41) is 0.732. The van der Waals surface area contributed by atoms with Crippen LogP contribution in [0.25, 0.3) is 0 Å². The van der Waals surface area contributed by atoms with E-state index in [0.717, 1.165) is 35.5 Å². The molecule has 0 unspecified atom stereocenters. The maximum absolute atomic E-state index is 12.5. The topological polar surface area (TPSA) is 71.7 Å². The number of rotatable bonds is 8. The molecule has 0 N–H and O–H groups in total. The van der Waals surface area contributed by atoms with Gasteiger partial charge in [-0.05, 0) is 31.9 Å². The van der Waals surface area contributed by atoms with Crippen LogP contribution in [0.2, 0.25) is 0 Å². The van der Waals surface area contributed by atoms with Gasteiger partial charge in [-0.15, -0.1) is 0 Å². The summed E-state index contributed by atoms with van der Waals surface area (Å²) in [6.07, 6.45) is 0. The van der Waals surface area contributed by atoms with Crippen molar-refractivity contribution in [2.24, 2.45) is 0 Å². The standard InChI is InChI=1S/C21H30N4O3S/c1-5-24(6-2)19-13-17(15(3)4)22-21(23-19)29-14-16-7-8-18(28-16)20(26)25-9-11-27-12-10-25/h7-8,13,15H,5-6,9-12,14H2,1-4H3. The third-order valence-corrected chi connectivity index (χ3v) is 5.77. The molecule has 1 saturated heterocycles. The van der Waals surface area contributed by atoms with Crippen molar-refractivity contribution in [1.82, 2.24) is 14.9 Å². The second-order valence-corrected chi connectivity index (χ2v) is 8.16. The van der Waals surface area contributed by atoms with Crippen molar-refractivity contribution in [2.45, 2.75) is 44.5 Å². The molecule has 0 bridgehead atoms. The molecule has 29 heavy (non-hydrogen) atoms. The van der Waals surface area contributed by atoms with E-state index < -0.39 is 0 Å². The van der Waals surface area contributed by atoms with E-state index in [1.807, 2.05) is 6.07 Å². The first-order valence-electron chi connectivity index (χ1n) is 10.2. The van der Waals surface area contributed by atoms with Crippen molar-refractivity contribution in [2.75, 3.05) is 44.3 Å². The van der Waals surface area contributed by atoms with Crippen LogP contribution < -0.4 is 4.90 Å². The van der Waals surface area contributed by atoms with Crippen molar-refractivity contribution in [3.63, 3.8) is 0 Å². The Morgan fingerprint density at radius 2 is 1.93 bits per heavy atom. The van der Waals surface area contributed by atoms with Crippen LogP contribution in [0.1, 0.15) is 55.6 Å². The molecule has 3 rings (SSSR count). The van der Waals surface area contributed by atoms with E-state index in [9.17, 15) is 4.79 Å². The second-order valence-electron chi connectivity index (χ2n) is 7.22. The summed E-state index contributed by atoms with van der Waals surface area (Å²) in [7, 11) is 0. The number of morpholine rings is 1. The number of carbonyl (C=O) groups is 1. The van der Waals surface area contributed by atoms with Crippen LogP contribution in [0.3, 0.4) is 0 Å². The van der Waals surface area contributed by atoms with Crippen LogP contribution in [-0.4, -0.2) is 60.2 Å². The minimum absolute atomic E-state index is 0.0774. The lowest BCUT2D eigenvalue weighted by Gasteiger charge is -2.25. The highest BCUT2D eigenvalue weighted by atomic mass is 32.2. The first-order valence-corrected chi connectivity index (χ1v) is 11.2. The molecule has 1 aliphatic heterocycles. The zero-order chi connectivity index (χ0) is 20.8. The van der Waals surface area contributed by atoms with Crippen LogP contribution in [-0.2, 0) is 10.5 Å². The molecule has 2 aromatic heterocycles. The molecule has 8 heteroatoms. The molecule has 0 radical (unpaired) electrons. The Bertz CT molecular complexity index is 814. The van der Waals surface area contributed by atoms with Crippen molar-refractivity contribution in [1.29, 1.82) is 0 Å². The number of nitrogens with zero attached hydrogens (tertiary/aromatic N) is 4. The van der Waals surface area contributed by atoms with Crippen molar-refractivity contribution >= 4 is 23.5 Å². The van der Waals surface area contributed by atoms with E-state index in [1.54, 1.807) is 11.0 Å². The Labute approximate surface area is 176 Å². The maximum Gasteiger partial charge on any atom is 0.289 e. The number of ether oxygens (including phenoxy) is 1. The van der Waals surface area contributed by atoms with Gasteiger partial charge in [-0.1, -0.05) is 25.6 Å². The fraction of sp³-hybridized carbons (Fsp3) is 0.571. The highest BCUT2D eigenvalue weighted by Crippen LogP contribution is 2.26. The number of anilines is 1. The molecule has 0 atom stereocenters. The smallest absolute Gasteiger partial charge is 0.289 e. The molecule has 0 saturated carbocycles. The third kappa shape index (κ3) is 5.51. The summed E-state index contributed by atoms with van der Waals surface area (Å²) >= 11 is 1.53. The highest BCUT2D eigenvalue weighted by molar-refractivity contribution is 7.98. The normalized spacial score (nSPS) is 14.4. The first-order chi connectivity index (χ1) is 14.0. The van der Waals surface area contributed by atoms with Gasteiger partial charge >= 0.3 is 0 Å². The van der Waals surface area contributed by atoms with Gasteiger partial charge in [0.25, 0.3) is 5.91 Å². The zero-order valence-corrected chi connectivity index (χ0v) is 18.5. The summed E-state index contributed by atoms with van der Waals surface area (Å²) in [6.45, 7) is 12.7. The minimum Gasteiger partial charge on any atom is -0.455 e. The van der Waals surface area contributed by atoms with Gasteiger partial charge in [-0.2, -0.15) is 0 Å². The Morgan fingerprint density at radius 3 is 2.59 bits per heavy atom. The van der Waals surface area contributed by atoms with Crippen molar-refractivity contribution in [3.8, 4) is 0 Å². The molecule has 7 nitrogen and oxygen atoms in total.